The van der Waals surface area contributed by atoms with E-state index in [1.807, 2.05) is 6.07 Å². The van der Waals surface area contributed by atoms with Gasteiger partial charge in [0.25, 0.3) is 0 Å². The quantitative estimate of drug-likeness (QED) is 0.784. The summed E-state index contributed by atoms with van der Waals surface area (Å²) in [5.41, 5.74) is 0. The first kappa shape index (κ1) is 10.4. The number of hydrogen-bond donors (Lipinski definition) is 2. The van der Waals surface area contributed by atoms with Gasteiger partial charge >= 0.3 is 0 Å². The molecule has 2 rings (SSSR count). The van der Waals surface area contributed by atoms with Crippen molar-refractivity contribution in [2.24, 2.45) is 5.92 Å². The van der Waals surface area contributed by atoms with E-state index in [0.29, 0.717) is 17.9 Å². The van der Waals surface area contributed by atoms with Gasteiger partial charge in [0.1, 0.15) is 0 Å². The highest BCUT2D eigenvalue weighted by atomic mass is 16.3. The van der Waals surface area contributed by atoms with Gasteiger partial charge in [-0.05, 0) is 31.2 Å². The molecule has 82 valence electrons. The molecule has 4 heteroatoms. The Morgan fingerprint density at radius 1 is 1.33 bits per heavy atom. The number of aliphatic hydroxyl groups is 1. The van der Waals surface area contributed by atoms with Crippen LogP contribution in [0.2, 0.25) is 0 Å². The van der Waals surface area contributed by atoms with Crippen LogP contribution >= 0.6 is 0 Å². The minimum atomic E-state index is 0.276. The second-order valence-electron chi connectivity index (χ2n) is 4.03. The molecule has 0 spiro atoms. The molecule has 1 aliphatic carbocycles. The van der Waals surface area contributed by atoms with Crippen molar-refractivity contribution < 1.29 is 5.11 Å². The Balaban J connectivity index is 1.93. The van der Waals surface area contributed by atoms with Crippen LogP contribution in [-0.4, -0.2) is 27.7 Å². The van der Waals surface area contributed by atoms with E-state index < -0.39 is 0 Å². The Morgan fingerprint density at radius 3 is 2.87 bits per heavy atom. The highest BCUT2D eigenvalue weighted by molar-refractivity contribution is 5.25. The maximum atomic E-state index is 8.95. The monoisotopic (exact) mass is 207 g/mol. The van der Waals surface area contributed by atoms with Crippen molar-refractivity contribution in [2.45, 2.75) is 31.7 Å². The molecule has 1 aliphatic rings. The summed E-state index contributed by atoms with van der Waals surface area (Å²) in [6.45, 7) is 0.276. The van der Waals surface area contributed by atoms with E-state index in [4.69, 9.17) is 5.11 Å². The van der Waals surface area contributed by atoms with Gasteiger partial charge in [0.2, 0.25) is 5.95 Å². The second-order valence-corrected chi connectivity index (χ2v) is 4.03. The number of aliphatic hydroxyl groups excluding tert-OH is 1. The molecule has 2 unspecified atom stereocenters. The van der Waals surface area contributed by atoms with Crippen molar-refractivity contribution in [1.82, 2.24) is 9.97 Å². The summed E-state index contributed by atoms with van der Waals surface area (Å²) in [5.74, 6) is 1.27. The van der Waals surface area contributed by atoms with Crippen molar-refractivity contribution in [3.63, 3.8) is 0 Å². The maximum absolute atomic E-state index is 8.95. The fourth-order valence-electron chi connectivity index (χ4n) is 2.28. The van der Waals surface area contributed by atoms with Crippen LogP contribution in [0.1, 0.15) is 25.7 Å². The molecule has 0 aromatic carbocycles. The van der Waals surface area contributed by atoms with E-state index in [2.05, 4.69) is 15.3 Å². The van der Waals surface area contributed by atoms with Gasteiger partial charge in [-0.2, -0.15) is 0 Å². The third-order valence-corrected chi connectivity index (χ3v) is 3.04. The zero-order valence-electron chi connectivity index (χ0n) is 8.76. The predicted octanol–water partition coefficient (Wildman–Crippen LogP) is 1.44. The first-order chi connectivity index (χ1) is 7.40. The lowest BCUT2D eigenvalue weighted by atomic mass is 10.0. The van der Waals surface area contributed by atoms with Crippen LogP contribution in [-0.2, 0) is 0 Å². The molecule has 0 aliphatic heterocycles. The number of hydrogen-bond acceptors (Lipinski definition) is 4. The molecule has 1 heterocycles. The molecule has 1 saturated carbocycles. The van der Waals surface area contributed by atoms with E-state index in [1.54, 1.807) is 12.4 Å². The Hall–Kier alpha value is -1.16. The molecule has 2 atom stereocenters. The normalized spacial score (nSPS) is 25.4. The van der Waals surface area contributed by atoms with Crippen molar-refractivity contribution in [1.29, 1.82) is 0 Å². The van der Waals surface area contributed by atoms with Crippen LogP contribution in [0.3, 0.4) is 0 Å². The minimum absolute atomic E-state index is 0.276. The van der Waals surface area contributed by atoms with Crippen LogP contribution in [0.4, 0.5) is 5.95 Å². The molecule has 0 bridgehead atoms. The Morgan fingerprint density at radius 2 is 2.13 bits per heavy atom. The van der Waals surface area contributed by atoms with Gasteiger partial charge in [-0.3, -0.25) is 0 Å². The third-order valence-electron chi connectivity index (χ3n) is 3.04. The number of rotatable bonds is 4. The highest BCUT2D eigenvalue weighted by Gasteiger charge is 2.26. The largest absolute Gasteiger partial charge is 0.396 e. The Bertz CT molecular complexity index is 291. The molecular formula is C11H17N3O. The summed E-state index contributed by atoms with van der Waals surface area (Å²) in [4.78, 5) is 8.30. The summed E-state index contributed by atoms with van der Waals surface area (Å²) in [6, 6.07) is 2.24. The summed E-state index contributed by atoms with van der Waals surface area (Å²) >= 11 is 0. The second kappa shape index (κ2) is 5.07. The highest BCUT2D eigenvalue weighted by Crippen LogP contribution is 2.29. The van der Waals surface area contributed by atoms with Crippen LogP contribution < -0.4 is 5.32 Å². The lowest BCUT2D eigenvalue weighted by Crippen LogP contribution is -2.25. The van der Waals surface area contributed by atoms with Crippen LogP contribution in [0, 0.1) is 5.92 Å². The van der Waals surface area contributed by atoms with Gasteiger partial charge in [-0.15, -0.1) is 0 Å². The number of nitrogens with one attached hydrogen (secondary N) is 1. The minimum Gasteiger partial charge on any atom is -0.396 e. The molecule has 1 aromatic heterocycles. The van der Waals surface area contributed by atoms with Gasteiger partial charge in [-0.1, -0.05) is 6.42 Å². The molecular weight excluding hydrogens is 190 g/mol. The van der Waals surface area contributed by atoms with E-state index in [1.165, 1.54) is 12.8 Å². The molecule has 0 saturated heterocycles. The van der Waals surface area contributed by atoms with Gasteiger partial charge in [0.05, 0.1) is 0 Å². The van der Waals surface area contributed by atoms with Crippen LogP contribution in [0.5, 0.6) is 0 Å². The summed E-state index contributed by atoms with van der Waals surface area (Å²) < 4.78 is 0. The zero-order chi connectivity index (χ0) is 10.5. The fraction of sp³-hybridized carbons (Fsp3) is 0.636. The smallest absolute Gasteiger partial charge is 0.222 e. The lowest BCUT2D eigenvalue weighted by Gasteiger charge is -2.19. The first-order valence-electron chi connectivity index (χ1n) is 5.54. The van der Waals surface area contributed by atoms with E-state index in [-0.39, 0.29) is 6.61 Å². The summed E-state index contributed by atoms with van der Waals surface area (Å²) in [5, 5.41) is 12.3. The predicted molar refractivity (Wildman–Crippen MR) is 58.5 cm³/mol. The molecule has 15 heavy (non-hydrogen) atoms. The fourth-order valence-corrected chi connectivity index (χ4v) is 2.28. The van der Waals surface area contributed by atoms with Gasteiger partial charge in [0.15, 0.2) is 0 Å². The SMILES string of the molecule is OCCC1CCCC1Nc1ncccn1. The number of aromatic nitrogens is 2. The average molecular weight is 207 g/mol. The van der Waals surface area contributed by atoms with E-state index in [0.717, 1.165) is 12.8 Å². The third kappa shape index (κ3) is 2.65. The van der Waals surface area contributed by atoms with E-state index in [9.17, 15) is 0 Å². The molecule has 1 fully saturated rings. The first-order valence-corrected chi connectivity index (χ1v) is 5.54. The topological polar surface area (TPSA) is 58.0 Å². The van der Waals surface area contributed by atoms with Gasteiger partial charge < -0.3 is 10.4 Å². The number of nitrogens with zero attached hydrogens (tertiary/aromatic N) is 2. The van der Waals surface area contributed by atoms with Crippen molar-refractivity contribution >= 4 is 5.95 Å². The molecule has 4 nitrogen and oxygen atoms in total. The standard InChI is InChI=1S/C11H17N3O/c15-8-5-9-3-1-4-10(9)14-11-12-6-2-7-13-11/h2,6-7,9-10,15H,1,3-5,8H2,(H,12,13,14). The van der Waals surface area contributed by atoms with Crippen LogP contribution in [0.15, 0.2) is 18.5 Å². The van der Waals surface area contributed by atoms with Crippen molar-refractivity contribution in [2.75, 3.05) is 11.9 Å². The lowest BCUT2D eigenvalue weighted by molar-refractivity contribution is 0.254. The molecule has 0 amide bonds. The van der Waals surface area contributed by atoms with Crippen molar-refractivity contribution in [3.05, 3.63) is 18.5 Å². The molecule has 0 radical (unpaired) electrons. The number of anilines is 1. The van der Waals surface area contributed by atoms with Crippen molar-refractivity contribution in [3.8, 4) is 0 Å². The average Bonchev–Trinajstić information content (AvgIpc) is 2.68. The summed E-state index contributed by atoms with van der Waals surface area (Å²) in [6.07, 6.45) is 7.95. The maximum Gasteiger partial charge on any atom is 0.222 e. The van der Waals surface area contributed by atoms with Gasteiger partial charge in [0, 0.05) is 25.0 Å². The zero-order valence-corrected chi connectivity index (χ0v) is 8.76. The molecule has 2 N–H and O–H groups in total. The Kier molecular flexibility index (Phi) is 3.50. The Labute approximate surface area is 89.8 Å². The molecule has 1 aromatic rings. The summed E-state index contributed by atoms with van der Waals surface area (Å²) in [7, 11) is 0. The van der Waals surface area contributed by atoms with Crippen LogP contribution in [0.25, 0.3) is 0 Å². The van der Waals surface area contributed by atoms with Gasteiger partial charge in [-0.25, -0.2) is 9.97 Å². The van der Waals surface area contributed by atoms with E-state index >= 15 is 0 Å².